The molecular formula is C15H19FN2O3. The number of hydrogen-bond acceptors (Lipinski definition) is 3. The number of carbonyl (C=O) groups is 2. The third-order valence-electron chi connectivity index (χ3n) is 4.04. The molecule has 5 nitrogen and oxygen atoms in total. The van der Waals surface area contributed by atoms with Gasteiger partial charge < -0.3 is 16.2 Å². The predicted octanol–water partition coefficient (Wildman–Crippen LogP) is 2.23. The number of anilines is 1. The summed E-state index contributed by atoms with van der Waals surface area (Å²) in [6.07, 6.45) is 3.24. The molecule has 2 rings (SSSR count). The van der Waals surface area contributed by atoms with Gasteiger partial charge in [0.1, 0.15) is 11.4 Å². The Morgan fingerprint density at radius 3 is 2.52 bits per heavy atom. The van der Waals surface area contributed by atoms with Crippen LogP contribution in [0, 0.1) is 17.7 Å². The van der Waals surface area contributed by atoms with E-state index in [1.165, 1.54) is 12.1 Å². The molecule has 1 amide bonds. The number of benzene rings is 1. The van der Waals surface area contributed by atoms with E-state index < -0.39 is 17.3 Å². The van der Waals surface area contributed by atoms with E-state index in [1.807, 2.05) is 0 Å². The number of nitrogens with one attached hydrogen (secondary N) is 1. The van der Waals surface area contributed by atoms with Gasteiger partial charge in [0.2, 0.25) is 5.91 Å². The lowest BCUT2D eigenvalue weighted by molar-refractivity contribution is -0.121. The van der Waals surface area contributed by atoms with E-state index >= 15 is 0 Å². The Bertz CT molecular complexity index is 540. The third-order valence-corrected chi connectivity index (χ3v) is 4.04. The monoisotopic (exact) mass is 294 g/mol. The fourth-order valence-corrected chi connectivity index (χ4v) is 2.74. The molecule has 0 heterocycles. The molecule has 4 N–H and O–H groups in total. The summed E-state index contributed by atoms with van der Waals surface area (Å²) in [7, 11) is 0. The summed E-state index contributed by atoms with van der Waals surface area (Å²) < 4.78 is 13.5. The molecule has 0 spiro atoms. The van der Waals surface area contributed by atoms with Crippen molar-refractivity contribution < 1.29 is 19.1 Å². The summed E-state index contributed by atoms with van der Waals surface area (Å²) in [6.45, 7) is 0.626. The van der Waals surface area contributed by atoms with Gasteiger partial charge in [-0.15, -0.1) is 0 Å². The molecule has 21 heavy (non-hydrogen) atoms. The SMILES string of the molecule is NCC1CCC(C(=O)Nc2cccc(F)c2C(=O)O)CC1. The van der Waals surface area contributed by atoms with Crippen molar-refractivity contribution in [2.45, 2.75) is 25.7 Å². The van der Waals surface area contributed by atoms with E-state index in [-0.39, 0.29) is 17.5 Å². The number of hydrogen-bond donors (Lipinski definition) is 3. The Labute approximate surface area is 122 Å². The summed E-state index contributed by atoms with van der Waals surface area (Å²) in [5, 5.41) is 11.6. The maximum Gasteiger partial charge on any atom is 0.340 e. The van der Waals surface area contributed by atoms with Crippen molar-refractivity contribution in [3.63, 3.8) is 0 Å². The van der Waals surface area contributed by atoms with Gasteiger partial charge in [0, 0.05) is 5.92 Å². The van der Waals surface area contributed by atoms with E-state index in [9.17, 15) is 14.0 Å². The molecular weight excluding hydrogens is 275 g/mol. The first-order chi connectivity index (χ1) is 10.0. The standard InChI is InChI=1S/C15H19FN2O3/c16-11-2-1-3-12(13(11)15(20)21)18-14(19)10-6-4-9(8-17)5-7-10/h1-3,9-10H,4-8,17H2,(H,18,19)(H,20,21). The number of carboxylic acid groups (broad SMARTS) is 1. The molecule has 1 aliphatic rings. The largest absolute Gasteiger partial charge is 0.478 e. The zero-order chi connectivity index (χ0) is 15.4. The van der Waals surface area contributed by atoms with Gasteiger partial charge in [0.25, 0.3) is 0 Å². The molecule has 0 saturated heterocycles. The fourth-order valence-electron chi connectivity index (χ4n) is 2.74. The molecule has 1 aliphatic carbocycles. The molecule has 114 valence electrons. The van der Waals surface area contributed by atoms with Gasteiger partial charge in [-0.3, -0.25) is 4.79 Å². The van der Waals surface area contributed by atoms with Gasteiger partial charge in [-0.1, -0.05) is 6.07 Å². The molecule has 0 aromatic heterocycles. The highest BCUT2D eigenvalue weighted by molar-refractivity contribution is 6.01. The van der Waals surface area contributed by atoms with Crippen molar-refractivity contribution in [2.24, 2.45) is 17.6 Å². The summed E-state index contributed by atoms with van der Waals surface area (Å²) in [6, 6.07) is 3.84. The Morgan fingerprint density at radius 2 is 1.95 bits per heavy atom. The van der Waals surface area contributed by atoms with E-state index in [1.54, 1.807) is 0 Å². The first-order valence-corrected chi connectivity index (χ1v) is 7.05. The van der Waals surface area contributed by atoms with Gasteiger partial charge in [-0.05, 0) is 50.3 Å². The average molecular weight is 294 g/mol. The Hall–Kier alpha value is -1.95. The number of aromatic carboxylic acids is 1. The highest BCUT2D eigenvalue weighted by Crippen LogP contribution is 2.29. The average Bonchev–Trinajstić information content (AvgIpc) is 2.47. The molecule has 0 aliphatic heterocycles. The van der Waals surface area contributed by atoms with Gasteiger partial charge >= 0.3 is 5.97 Å². The number of amides is 1. The van der Waals surface area contributed by atoms with Crippen molar-refractivity contribution >= 4 is 17.6 Å². The second kappa shape index (κ2) is 6.67. The Morgan fingerprint density at radius 1 is 1.29 bits per heavy atom. The first kappa shape index (κ1) is 15.4. The lowest BCUT2D eigenvalue weighted by Gasteiger charge is -2.26. The summed E-state index contributed by atoms with van der Waals surface area (Å²) >= 11 is 0. The summed E-state index contributed by atoms with van der Waals surface area (Å²) in [5.74, 6) is -2.21. The van der Waals surface area contributed by atoms with Crippen LogP contribution in [-0.4, -0.2) is 23.5 Å². The summed E-state index contributed by atoms with van der Waals surface area (Å²) in [5.41, 5.74) is 5.12. The van der Waals surface area contributed by atoms with Crippen molar-refractivity contribution in [1.82, 2.24) is 0 Å². The molecule has 0 radical (unpaired) electrons. The minimum Gasteiger partial charge on any atom is -0.478 e. The van der Waals surface area contributed by atoms with Gasteiger partial charge in [-0.2, -0.15) is 0 Å². The molecule has 6 heteroatoms. The second-order valence-electron chi connectivity index (χ2n) is 5.41. The molecule has 1 fully saturated rings. The van der Waals surface area contributed by atoms with Crippen LogP contribution in [0.15, 0.2) is 18.2 Å². The minimum atomic E-state index is -1.39. The van der Waals surface area contributed by atoms with Crippen molar-refractivity contribution in [1.29, 1.82) is 0 Å². The van der Waals surface area contributed by atoms with Crippen LogP contribution < -0.4 is 11.1 Å². The van der Waals surface area contributed by atoms with Crippen LogP contribution in [0.5, 0.6) is 0 Å². The second-order valence-corrected chi connectivity index (χ2v) is 5.41. The van der Waals surface area contributed by atoms with Crippen LogP contribution in [0.4, 0.5) is 10.1 Å². The van der Waals surface area contributed by atoms with Gasteiger partial charge in [0.05, 0.1) is 5.69 Å². The van der Waals surface area contributed by atoms with E-state index in [2.05, 4.69) is 5.32 Å². The molecule has 0 unspecified atom stereocenters. The quantitative estimate of drug-likeness (QED) is 0.794. The fraction of sp³-hybridized carbons (Fsp3) is 0.467. The smallest absolute Gasteiger partial charge is 0.340 e. The maximum absolute atomic E-state index is 13.5. The van der Waals surface area contributed by atoms with Crippen LogP contribution in [0.2, 0.25) is 0 Å². The summed E-state index contributed by atoms with van der Waals surface area (Å²) in [4.78, 5) is 23.3. The van der Waals surface area contributed by atoms with Crippen molar-refractivity contribution in [3.8, 4) is 0 Å². The zero-order valence-corrected chi connectivity index (χ0v) is 11.6. The predicted molar refractivity (Wildman–Crippen MR) is 76.5 cm³/mol. The lowest BCUT2D eigenvalue weighted by atomic mass is 9.81. The van der Waals surface area contributed by atoms with Crippen LogP contribution in [0.1, 0.15) is 36.0 Å². The van der Waals surface area contributed by atoms with Crippen molar-refractivity contribution in [2.75, 3.05) is 11.9 Å². The Balaban J connectivity index is 2.07. The minimum absolute atomic E-state index is 0.00782. The molecule has 1 aromatic carbocycles. The third kappa shape index (κ3) is 3.58. The lowest BCUT2D eigenvalue weighted by Crippen LogP contribution is -2.30. The maximum atomic E-state index is 13.5. The zero-order valence-electron chi connectivity index (χ0n) is 11.6. The van der Waals surface area contributed by atoms with E-state index in [0.29, 0.717) is 12.5 Å². The molecule has 1 saturated carbocycles. The van der Waals surface area contributed by atoms with Crippen LogP contribution >= 0.6 is 0 Å². The van der Waals surface area contributed by atoms with Crippen LogP contribution in [0.3, 0.4) is 0 Å². The van der Waals surface area contributed by atoms with Crippen LogP contribution in [-0.2, 0) is 4.79 Å². The number of rotatable bonds is 4. The number of halogens is 1. The Kier molecular flexibility index (Phi) is 4.90. The highest BCUT2D eigenvalue weighted by atomic mass is 19.1. The number of nitrogens with two attached hydrogens (primary N) is 1. The molecule has 1 aromatic rings. The van der Waals surface area contributed by atoms with Gasteiger partial charge in [0.15, 0.2) is 0 Å². The molecule has 0 bridgehead atoms. The van der Waals surface area contributed by atoms with Gasteiger partial charge in [-0.25, -0.2) is 9.18 Å². The number of carboxylic acids is 1. The topological polar surface area (TPSA) is 92.4 Å². The number of carbonyl (C=O) groups excluding carboxylic acids is 1. The normalized spacial score (nSPS) is 21.8. The first-order valence-electron chi connectivity index (χ1n) is 7.05. The van der Waals surface area contributed by atoms with E-state index in [0.717, 1.165) is 31.7 Å². The highest BCUT2D eigenvalue weighted by Gasteiger charge is 2.27. The van der Waals surface area contributed by atoms with E-state index in [4.69, 9.17) is 10.8 Å². The molecule has 0 atom stereocenters. The van der Waals surface area contributed by atoms with Crippen molar-refractivity contribution in [3.05, 3.63) is 29.6 Å². The van der Waals surface area contributed by atoms with Crippen LogP contribution in [0.25, 0.3) is 0 Å².